The maximum absolute atomic E-state index is 12.1. The Bertz CT molecular complexity index is 540. The van der Waals surface area contributed by atoms with Gasteiger partial charge in [-0.25, -0.2) is 4.68 Å². The third-order valence-corrected chi connectivity index (χ3v) is 5.07. The minimum Gasteiger partial charge on any atom is -0.345 e. The molecule has 1 aliphatic rings. The van der Waals surface area contributed by atoms with Gasteiger partial charge < -0.3 is 5.32 Å². The van der Waals surface area contributed by atoms with Crippen molar-refractivity contribution >= 4 is 23.5 Å². The van der Waals surface area contributed by atoms with Crippen molar-refractivity contribution in [3.63, 3.8) is 0 Å². The molecule has 7 nitrogen and oxygen atoms in total. The standard InChI is InChI=1S/C15H25N5O2S/c1-10(2)14(11(3)21)16-13(22)9-23-15-17-18-19-20(15)12-7-5-4-6-8-12/h10,12,14H,4-9H2,1-3H3,(H,16,22). The Morgan fingerprint density at radius 1 is 1.30 bits per heavy atom. The Morgan fingerprint density at radius 3 is 2.61 bits per heavy atom. The van der Waals surface area contributed by atoms with Crippen LogP contribution in [-0.4, -0.2) is 43.7 Å². The first kappa shape index (κ1) is 17.9. The third kappa shape index (κ3) is 5.02. The molecule has 0 spiro atoms. The molecule has 1 aromatic rings. The molecular formula is C15H25N5O2S. The van der Waals surface area contributed by atoms with Gasteiger partial charge in [0.05, 0.1) is 17.8 Å². The van der Waals surface area contributed by atoms with Crippen LogP contribution < -0.4 is 5.32 Å². The number of nitrogens with one attached hydrogen (secondary N) is 1. The van der Waals surface area contributed by atoms with Gasteiger partial charge >= 0.3 is 0 Å². The highest BCUT2D eigenvalue weighted by Crippen LogP contribution is 2.30. The molecule has 1 fully saturated rings. The number of amides is 1. The average molecular weight is 339 g/mol. The fraction of sp³-hybridized carbons (Fsp3) is 0.800. The lowest BCUT2D eigenvalue weighted by molar-refractivity contribution is -0.126. The highest BCUT2D eigenvalue weighted by atomic mass is 32.2. The van der Waals surface area contributed by atoms with Crippen LogP contribution in [0.5, 0.6) is 0 Å². The molecule has 1 amide bonds. The van der Waals surface area contributed by atoms with Gasteiger partial charge in [0.15, 0.2) is 5.78 Å². The lowest BCUT2D eigenvalue weighted by atomic mass is 9.96. The normalized spacial score (nSPS) is 17.2. The predicted molar refractivity (Wildman–Crippen MR) is 88.1 cm³/mol. The van der Waals surface area contributed by atoms with Gasteiger partial charge in [-0.05, 0) is 36.1 Å². The smallest absolute Gasteiger partial charge is 0.231 e. The average Bonchev–Trinajstić information content (AvgIpc) is 2.99. The molecule has 2 rings (SSSR count). The van der Waals surface area contributed by atoms with Crippen LogP contribution in [0.3, 0.4) is 0 Å². The molecule has 1 heterocycles. The third-order valence-electron chi connectivity index (χ3n) is 4.14. The van der Waals surface area contributed by atoms with Gasteiger partial charge in [-0.1, -0.05) is 44.9 Å². The second kappa shape index (κ2) is 8.42. The fourth-order valence-electron chi connectivity index (χ4n) is 2.92. The van der Waals surface area contributed by atoms with Crippen LogP contribution in [0.4, 0.5) is 0 Å². The summed E-state index contributed by atoms with van der Waals surface area (Å²) in [7, 11) is 0. The van der Waals surface area contributed by atoms with Crippen LogP contribution in [-0.2, 0) is 9.59 Å². The van der Waals surface area contributed by atoms with E-state index in [2.05, 4.69) is 20.8 Å². The van der Waals surface area contributed by atoms with Crippen molar-refractivity contribution in [3.8, 4) is 0 Å². The van der Waals surface area contributed by atoms with Crippen LogP contribution in [0.1, 0.15) is 58.9 Å². The summed E-state index contributed by atoms with van der Waals surface area (Å²) in [6, 6.07) is -0.0950. The Kier molecular flexibility index (Phi) is 6.56. The zero-order chi connectivity index (χ0) is 16.8. The molecule has 1 unspecified atom stereocenters. The van der Waals surface area contributed by atoms with E-state index in [9.17, 15) is 9.59 Å². The monoisotopic (exact) mass is 339 g/mol. The quantitative estimate of drug-likeness (QED) is 0.764. The Labute approximate surface area is 141 Å². The number of hydrogen-bond acceptors (Lipinski definition) is 6. The van der Waals surface area contributed by atoms with Crippen molar-refractivity contribution in [1.82, 2.24) is 25.5 Å². The van der Waals surface area contributed by atoms with E-state index in [1.54, 1.807) is 0 Å². The number of rotatable bonds is 7. The second-order valence-corrected chi connectivity index (χ2v) is 7.33. The van der Waals surface area contributed by atoms with E-state index in [1.165, 1.54) is 37.9 Å². The van der Waals surface area contributed by atoms with Crippen LogP contribution in [0.15, 0.2) is 5.16 Å². The van der Waals surface area contributed by atoms with E-state index in [1.807, 2.05) is 18.5 Å². The Balaban J connectivity index is 1.89. The minimum atomic E-state index is -0.433. The van der Waals surface area contributed by atoms with Gasteiger partial charge in [0.1, 0.15) is 0 Å². The Hall–Kier alpha value is -1.44. The molecule has 1 aliphatic carbocycles. The second-order valence-electron chi connectivity index (χ2n) is 6.39. The zero-order valence-corrected chi connectivity index (χ0v) is 14.8. The number of carbonyl (C=O) groups is 2. The fourth-order valence-corrected chi connectivity index (χ4v) is 3.67. The molecule has 0 aliphatic heterocycles. The first-order chi connectivity index (χ1) is 11.0. The van der Waals surface area contributed by atoms with E-state index in [0.717, 1.165) is 12.8 Å². The molecule has 128 valence electrons. The summed E-state index contributed by atoms with van der Waals surface area (Å²) in [5.74, 6) is 0.102. The minimum absolute atomic E-state index is 0.0228. The maximum atomic E-state index is 12.1. The number of nitrogens with zero attached hydrogens (tertiary/aromatic N) is 4. The van der Waals surface area contributed by atoms with E-state index in [0.29, 0.717) is 11.2 Å². The van der Waals surface area contributed by atoms with Gasteiger partial charge in [0, 0.05) is 0 Å². The summed E-state index contributed by atoms with van der Waals surface area (Å²) in [5.41, 5.74) is 0. The van der Waals surface area contributed by atoms with Crippen LogP contribution in [0.25, 0.3) is 0 Å². The van der Waals surface area contributed by atoms with Gasteiger partial charge in [-0.3, -0.25) is 9.59 Å². The van der Waals surface area contributed by atoms with Crippen molar-refractivity contribution < 1.29 is 9.59 Å². The van der Waals surface area contributed by atoms with Crippen molar-refractivity contribution in [3.05, 3.63) is 0 Å². The van der Waals surface area contributed by atoms with Crippen LogP contribution >= 0.6 is 11.8 Å². The number of carbonyl (C=O) groups excluding carboxylic acids is 2. The number of ketones is 1. The lowest BCUT2D eigenvalue weighted by Crippen LogP contribution is -2.44. The van der Waals surface area contributed by atoms with E-state index in [-0.39, 0.29) is 23.4 Å². The Morgan fingerprint density at radius 2 is 2.00 bits per heavy atom. The highest BCUT2D eigenvalue weighted by molar-refractivity contribution is 7.99. The van der Waals surface area contributed by atoms with Gasteiger partial charge in [-0.2, -0.15) is 0 Å². The van der Waals surface area contributed by atoms with Crippen molar-refractivity contribution in [2.45, 2.75) is 70.1 Å². The first-order valence-corrected chi connectivity index (χ1v) is 9.18. The number of thioether (sulfide) groups is 1. The molecule has 1 aromatic heterocycles. The number of tetrazole rings is 1. The largest absolute Gasteiger partial charge is 0.345 e. The summed E-state index contributed by atoms with van der Waals surface area (Å²) in [6.45, 7) is 5.34. The summed E-state index contributed by atoms with van der Waals surface area (Å²) in [4.78, 5) is 23.6. The van der Waals surface area contributed by atoms with Crippen LogP contribution in [0, 0.1) is 5.92 Å². The number of aromatic nitrogens is 4. The highest BCUT2D eigenvalue weighted by Gasteiger charge is 2.23. The molecule has 1 atom stereocenters. The molecule has 1 saturated carbocycles. The van der Waals surface area contributed by atoms with E-state index in [4.69, 9.17) is 0 Å². The van der Waals surface area contributed by atoms with Gasteiger partial charge in [0.2, 0.25) is 11.1 Å². The molecule has 0 saturated heterocycles. The topological polar surface area (TPSA) is 89.8 Å². The SMILES string of the molecule is CC(=O)C(NC(=O)CSc1nnnn1C1CCCCC1)C(C)C. The lowest BCUT2D eigenvalue weighted by Gasteiger charge is -2.22. The van der Waals surface area contributed by atoms with Crippen molar-refractivity contribution in [1.29, 1.82) is 0 Å². The van der Waals surface area contributed by atoms with Crippen molar-refractivity contribution in [2.24, 2.45) is 5.92 Å². The molecule has 0 bridgehead atoms. The molecule has 0 radical (unpaired) electrons. The summed E-state index contributed by atoms with van der Waals surface area (Å²) < 4.78 is 1.85. The summed E-state index contributed by atoms with van der Waals surface area (Å²) in [5, 5.41) is 15.3. The predicted octanol–water partition coefficient (Wildman–Crippen LogP) is 2.00. The van der Waals surface area contributed by atoms with E-state index >= 15 is 0 Å². The molecule has 8 heteroatoms. The number of Topliss-reactive ketones (excluding diaryl/α,β-unsaturated/α-hetero) is 1. The maximum Gasteiger partial charge on any atom is 0.231 e. The molecule has 0 aromatic carbocycles. The molecule has 1 N–H and O–H groups in total. The van der Waals surface area contributed by atoms with Gasteiger partial charge in [0.25, 0.3) is 0 Å². The van der Waals surface area contributed by atoms with Crippen LogP contribution in [0.2, 0.25) is 0 Å². The molecular weight excluding hydrogens is 314 g/mol. The summed E-state index contributed by atoms with van der Waals surface area (Å²) in [6.07, 6.45) is 5.84. The summed E-state index contributed by atoms with van der Waals surface area (Å²) >= 11 is 1.32. The van der Waals surface area contributed by atoms with Crippen molar-refractivity contribution in [2.75, 3.05) is 5.75 Å². The zero-order valence-electron chi connectivity index (χ0n) is 14.0. The molecule has 23 heavy (non-hydrogen) atoms. The first-order valence-electron chi connectivity index (χ1n) is 8.19. The van der Waals surface area contributed by atoms with Gasteiger partial charge in [-0.15, -0.1) is 5.10 Å². The number of hydrogen-bond donors (Lipinski definition) is 1. The van der Waals surface area contributed by atoms with E-state index < -0.39 is 6.04 Å².